The van der Waals surface area contributed by atoms with Crippen LogP contribution in [0.25, 0.3) is 0 Å². The number of aryl methyl sites for hydroxylation is 3. The van der Waals surface area contributed by atoms with Crippen molar-refractivity contribution in [2.75, 3.05) is 19.6 Å². The molecule has 21 heavy (non-hydrogen) atoms. The zero-order chi connectivity index (χ0) is 15.4. The third-order valence-corrected chi connectivity index (χ3v) is 4.75. The highest BCUT2D eigenvalue weighted by Gasteiger charge is 2.18. The van der Waals surface area contributed by atoms with E-state index < -0.39 is 0 Å². The Bertz CT molecular complexity index is 441. The molecule has 0 spiro atoms. The molecule has 0 saturated carbocycles. The van der Waals surface area contributed by atoms with Crippen LogP contribution in [0.5, 0.6) is 0 Å². The Morgan fingerprint density at radius 1 is 1.14 bits per heavy atom. The average Bonchev–Trinajstić information content (AvgIpc) is 2.44. The number of rotatable bonds is 5. The second-order valence-corrected chi connectivity index (χ2v) is 6.66. The zero-order valence-corrected chi connectivity index (χ0v) is 14.4. The summed E-state index contributed by atoms with van der Waals surface area (Å²) in [6.45, 7) is 14.6. The van der Waals surface area contributed by atoms with Gasteiger partial charge in [-0.05, 0) is 77.7 Å². The summed E-state index contributed by atoms with van der Waals surface area (Å²) in [5, 5.41) is 3.72. The van der Waals surface area contributed by atoms with Gasteiger partial charge in [-0.1, -0.05) is 6.42 Å². The molecule has 2 unspecified atom stereocenters. The van der Waals surface area contributed by atoms with Crippen LogP contribution in [0, 0.1) is 20.8 Å². The molecule has 1 aliphatic rings. The molecule has 3 nitrogen and oxygen atoms in total. The summed E-state index contributed by atoms with van der Waals surface area (Å²) < 4.78 is 0. The van der Waals surface area contributed by atoms with E-state index in [1.165, 1.54) is 43.5 Å². The van der Waals surface area contributed by atoms with Gasteiger partial charge >= 0.3 is 0 Å². The zero-order valence-electron chi connectivity index (χ0n) is 14.4. The van der Waals surface area contributed by atoms with Crippen LogP contribution in [0.1, 0.15) is 61.7 Å². The number of hydrogen-bond donors (Lipinski definition) is 1. The molecule has 118 valence electrons. The summed E-state index contributed by atoms with van der Waals surface area (Å²) in [7, 11) is 0. The van der Waals surface area contributed by atoms with E-state index in [0.717, 1.165) is 17.9 Å². The first-order chi connectivity index (χ1) is 9.99. The van der Waals surface area contributed by atoms with Crippen LogP contribution in [-0.4, -0.2) is 35.6 Å². The third-order valence-electron chi connectivity index (χ3n) is 4.75. The smallest absolute Gasteiger partial charge is 0.0426 e. The lowest BCUT2D eigenvalue weighted by atomic mass is 10.00. The van der Waals surface area contributed by atoms with Crippen molar-refractivity contribution in [3.63, 3.8) is 0 Å². The number of nitrogens with one attached hydrogen (secondary N) is 1. The summed E-state index contributed by atoms with van der Waals surface area (Å²) in [6.07, 6.45) is 4.13. The molecule has 2 rings (SSSR count). The molecule has 1 aromatic heterocycles. The number of piperidine rings is 1. The molecule has 0 bridgehead atoms. The predicted molar refractivity (Wildman–Crippen MR) is 89.8 cm³/mol. The maximum Gasteiger partial charge on any atom is 0.0426 e. The van der Waals surface area contributed by atoms with E-state index in [1.54, 1.807) is 0 Å². The molecule has 1 aromatic rings. The lowest BCUT2D eigenvalue weighted by Gasteiger charge is -2.33. The van der Waals surface area contributed by atoms with Crippen LogP contribution in [0.3, 0.4) is 0 Å². The van der Waals surface area contributed by atoms with Crippen LogP contribution >= 0.6 is 0 Å². The number of pyridine rings is 1. The van der Waals surface area contributed by atoms with Gasteiger partial charge < -0.3 is 5.32 Å². The molecule has 0 aromatic carbocycles. The number of nitrogens with zero attached hydrogens (tertiary/aromatic N) is 2. The highest BCUT2D eigenvalue weighted by atomic mass is 15.2. The topological polar surface area (TPSA) is 28.2 Å². The molecule has 0 aliphatic carbocycles. The maximum absolute atomic E-state index is 4.62. The van der Waals surface area contributed by atoms with Gasteiger partial charge in [0.15, 0.2) is 0 Å². The first-order valence-corrected chi connectivity index (χ1v) is 8.41. The van der Waals surface area contributed by atoms with Crippen molar-refractivity contribution in [2.45, 2.75) is 66.0 Å². The molecule has 0 radical (unpaired) electrons. The van der Waals surface area contributed by atoms with Crippen LogP contribution in [-0.2, 0) is 0 Å². The Morgan fingerprint density at radius 2 is 1.81 bits per heavy atom. The fraction of sp³-hybridized carbons (Fsp3) is 0.722. The van der Waals surface area contributed by atoms with E-state index >= 15 is 0 Å². The monoisotopic (exact) mass is 289 g/mol. The third kappa shape index (κ3) is 4.27. The van der Waals surface area contributed by atoms with Crippen molar-refractivity contribution in [3.8, 4) is 0 Å². The SMILES string of the molecule is Cc1cc(C)c(C(C)NCC(C)N2CCCCC2)c(C)n1. The quantitative estimate of drug-likeness (QED) is 0.899. The van der Waals surface area contributed by atoms with Gasteiger partial charge in [-0.3, -0.25) is 9.88 Å². The molecule has 1 aliphatic heterocycles. The van der Waals surface area contributed by atoms with E-state index in [1.807, 2.05) is 0 Å². The molecule has 0 amide bonds. The maximum atomic E-state index is 4.62. The fourth-order valence-corrected chi connectivity index (χ4v) is 3.63. The lowest BCUT2D eigenvalue weighted by Crippen LogP contribution is -2.43. The van der Waals surface area contributed by atoms with E-state index in [9.17, 15) is 0 Å². The summed E-state index contributed by atoms with van der Waals surface area (Å²) in [5.74, 6) is 0. The van der Waals surface area contributed by atoms with Crippen molar-refractivity contribution in [2.24, 2.45) is 0 Å². The number of likely N-dealkylation sites (tertiary alicyclic amines) is 1. The number of hydrogen-bond acceptors (Lipinski definition) is 3. The van der Waals surface area contributed by atoms with Gasteiger partial charge in [0.2, 0.25) is 0 Å². The fourth-order valence-electron chi connectivity index (χ4n) is 3.63. The molecule has 2 heterocycles. The van der Waals surface area contributed by atoms with Gasteiger partial charge in [0, 0.05) is 30.0 Å². The van der Waals surface area contributed by atoms with Crippen molar-refractivity contribution in [3.05, 3.63) is 28.6 Å². The van der Waals surface area contributed by atoms with Gasteiger partial charge in [0.1, 0.15) is 0 Å². The second-order valence-electron chi connectivity index (χ2n) is 6.66. The van der Waals surface area contributed by atoms with Crippen LogP contribution in [0.15, 0.2) is 6.07 Å². The Labute approximate surface area is 130 Å². The van der Waals surface area contributed by atoms with Crippen molar-refractivity contribution in [1.82, 2.24) is 15.2 Å². The molecule has 1 fully saturated rings. The lowest BCUT2D eigenvalue weighted by molar-refractivity contribution is 0.168. The molecule has 1 N–H and O–H groups in total. The average molecular weight is 289 g/mol. The Kier molecular flexibility index (Phi) is 5.77. The highest BCUT2D eigenvalue weighted by Crippen LogP contribution is 2.21. The van der Waals surface area contributed by atoms with Crippen molar-refractivity contribution >= 4 is 0 Å². The van der Waals surface area contributed by atoms with Crippen LogP contribution < -0.4 is 5.32 Å². The van der Waals surface area contributed by atoms with Gasteiger partial charge in [-0.25, -0.2) is 0 Å². The molecular weight excluding hydrogens is 258 g/mol. The molecule has 2 atom stereocenters. The molecule has 3 heteroatoms. The Balaban J connectivity index is 1.93. The first kappa shape index (κ1) is 16.4. The van der Waals surface area contributed by atoms with Crippen molar-refractivity contribution < 1.29 is 0 Å². The molecular formula is C18H31N3. The van der Waals surface area contributed by atoms with Crippen LogP contribution in [0.4, 0.5) is 0 Å². The standard InChI is InChI=1S/C18H31N3/c1-13-11-14(2)20-17(5)18(13)16(4)19-12-15(3)21-9-7-6-8-10-21/h11,15-16,19H,6-10,12H2,1-5H3. The van der Waals surface area contributed by atoms with Gasteiger partial charge in [0.25, 0.3) is 0 Å². The number of aromatic nitrogens is 1. The highest BCUT2D eigenvalue weighted by molar-refractivity contribution is 5.33. The van der Waals surface area contributed by atoms with Gasteiger partial charge in [-0.2, -0.15) is 0 Å². The summed E-state index contributed by atoms with van der Waals surface area (Å²) >= 11 is 0. The van der Waals surface area contributed by atoms with Gasteiger partial charge in [0.05, 0.1) is 0 Å². The minimum Gasteiger partial charge on any atom is -0.309 e. The van der Waals surface area contributed by atoms with E-state index in [0.29, 0.717) is 12.1 Å². The Hall–Kier alpha value is -0.930. The van der Waals surface area contributed by atoms with E-state index in [4.69, 9.17) is 0 Å². The largest absolute Gasteiger partial charge is 0.309 e. The summed E-state index contributed by atoms with van der Waals surface area (Å²) in [5.41, 5.74) is 5.00. The summed E-state index contributed by atoms with van der Waals surface area (Å²) in [6, 6.07) is 3.17. The van der Waals surface area contributed by atoms with Crippen LogP contribution in [0.2, 0.25) is 0 Å². The second kappa shape index (κ2) is 7.37. The summed E-state index contributed by atoms with van der Waals surface area (Å²) in [4.78, 5) is 7.24. The van der Waals surface area contributed by atoms with Gasteiger partial charge in [-0.15, -0.1) is 0 Å². The Morgan fingerprint density at radius 3 is 2.43 bits per heavy atom. The first-order valence-electron chi connectivity index (χ1n) is 8.41. The molecule has 1 saturated heterocycles. The van der Waals surface area contributed by atoms with E-state index in [2.05, 4.69) is 55.9 Å². The van der Waals surface area contributed by atoms with E-state index in [-0.39, 0.29) is 0 Å². The minimum absolute atomic E-state index is 0.366. The predicted octanol–water partition coefficient (Wildman–Crippen LogP) is 3.53. The normalized spacial score (nSPS) is 19.5. The minimum atomic E-state index is 0.366. The van der Waals surface area contributed by atoms with Crippen molar-refractivity contribution in [1.29, 1.82) is 0 Å².